The molecule has 0 spiro atoms. The average molecular weight is 343 g/mol. The van der Waals surface area contributed by atoms with Crippen molar-refractivity contribution in [2.45, 2.75) is 57.9 Å². The maximum absolute atomic E-state index is 12.1. The lowest BCUT2D eigenvalue weighted by molar-refractivity contribution is -0.121. The molecule has 25 heavy (non-hydrogen) atoms. The fraction of sp³-hybridized carbons (Fsp3) is 0.600. The monoisotopic (exact) mass is 343 g/mol. The Balaban J connectivity index is 1.42. The van der Waals surface area contributed by atoms with E-state index in [2.05, 4.69) is 10.6 Å². The van der Waals surface area contributed by atoms with Crippen molar-refractivity contribution in [3.8, 4) is 0 Å². The number of nitrogens with zero attached hydrogens (tertiary/aromatic N) is 1. The van der Waals surface area contributed by atoms with Crippen molar-refractivity contribution in [3.05, 3.63) is 29.8 Å². The third-order valence-corrected chi connectivity index (χ3v) is 5.32. The maximum Gasteiger partial charge on any atom is 0.321 e. The molecule has 1 saturated carbocycles. The van der Waals surface area contributed by atoms with Crippen LogP contribution in [-0.2, 0) is 11.3 Å². The third-order valence-electron chi connectivity index (χ3n) is 5.32. The molecule has 1 aromatic rings. The number of hydrogen-bond acceptors (Lipinski definition) is 2. The molecular weight excluding hydrogens is 314 g/mol. The second-order valence-electron chi connectivity index (χ2n) is 7.29. The fourth-order valence-electron chi connectivity index (χ4n) is 3.81. The first-order valence-electron chi connectivity index (χ1n) is 9.62. The SMILES string of the molecule is O=C(CCC1CCCC1)NCc1cccc(NC(=O)N2CCCC2)c1. The highest BCUT2D eigenvalue weighted by molar-refractivity contribution is 5.89. The van der Waals surface area contributed by atoms with Crippen molar-refractivity contribution in [3.63, 3.8) is 0 Å². The number of nitrogens with one attached hydrogen (secondary N) is 2. The van der Waals surface area contributed by atoms with Gasteiger partial charge in [-0.2, -0.15) is 0 Å². The van der Waals surface area contributed by atoms with Crippen LogP contribution in [-0.4, -0.2) is 29.9 Å². The van der Waals surface area contributed by atoms with Gasteiger partial charge >= 0.3 is 6.03 Å². The highest BCUT2D eigenvalue weighted by atomic mass is 16.2. The van der Waals surface area contributed by atoms with Crippen LogP contribution in [0.25, 0.3) is 0 Å². The van der Waals surface area contributed by atoms with E-state index in [4.69, 9.17) is 0 Å². The molecule has 2 fully saturated rings. The Labute approximate surface area is 150 Å². The van der Waals surface area contributed by atoms with Gasteiger partial charge in [0, 0.05) is 31.7 Å². The normalized spacial score (nSPS) is 17.7. The topological polar surface area (TPSA) is 61.4 Å². The Bertz CT molecular complexity index is 590. The van der Waals surface area contributed by atoms with Gasteiger partial charge in [-0.15, -0.1) is 0 Å². The molecule has 0 radical (unpaired) electrons. The van der Waals surface area contributed by atoms with E-state index >= 15 is 0 Å². The largest absolute Gasteiger partial charge is 0.352 e. The summed E-state index contributed by atoms with van der Waals surface area (Å²) in [7, 11) is 0. The molecular formula is C20H29N3O2. The smallest absolute Gasteiger partial charge is 0.321 e. The predicted octanol–water partition coefficient (Wildman–Crippen LogP) is 3.90. The van der Waals surface area contributed by atoms with Gasteiger partial charge in [0.25, 0.3) is 0 Å². The number of anilines is 1. The van der Waals surface area contributed by atoms with E-state index in [1.54, 1.807) is 0 Å². The van der Waals surface area contributed by atoms with Gasteiger partial charge in [0.15, 0.2) is 0 Å². The summed E-state index contributed by atoms with van der Waals surface area (Å²) in [5, 5.41) is 5.94. The van der Waals surface area contributed by atoms with Crippen molar-refractivity contribution in [1.82, 2.24) is 10.2 Å². The molecule has 3 rings (SSSR count). The van der Waals surface area contributed by atoms with Crippen molar-refractivity contribution >= 4 is 17.6 Å². The minimum atomic E-state index is -0.0322. The first-order valence-corrected chi connectivity index (χ1v) is 9.62. The summed E-state index contributed by atoms with van der Waals surface area (Å²) in [4.78, 5) is 26.0. The van der Waals surface area contributed by atoms with Gasteiger partial charge in [-0.05, 0) is 42.9 Å². The summed E-state index contributed by atoms with van der Waals surface area (Å²) in [6.45, 7) is 2.18. The molecule has 0 aromatic heterocycles. The number of rotatable bonds is 6. The first kappa shape index (κ1) is 17.8. The second kappa shape index (κ2) is 8.88. The van der Waals surface area contributed by atoms with E-state index < -0.39 is 0 Å². The number of urea groups is 1. The average Bonchev–Trinajstić information content (AvgIpc) is 3.32. The summed E-state index contributed by atoms with van der Waals surface area (Å²) >= 11 is 0. The molecule has 1 aliphatic carbocycles. The number of hydrogen-bond donors (Lipinski definition) is 2. The fourth-order valence-corrected chi connectivity index (χ4v) is 3.81. The molecule has 3 amide bonds. The van der Waals surface area contributed by atoms with Crippen LogP contribution in [0.5, 0.6) is 0 Å². The van der Waals surface area contributed by atoms with Gasteiger partial charge in [-0.3, -0.25) is 4.79 Å². The quantitative estimate of drug-likeness (QED) is 0.823. The molecule has 0 unspecified atom stereocenters. The molecule has 1 aliphatic heterocycles. The van der Waals surface area contributed by atoms with Crippen LogP contribution in [0.15, 0.2) is 24.3 Å². The molecule has 1 aromatic carbocycles. The van der Waals surface area contributed by atoms with Gasteiger partial charge in [-0.25, -0.2) is 4.79 Å². The summed E-state index contributed by atoms with van der Waals surface area (Å²) in [5.41, 5.74) is 1.79. The van der Waals surface area contributed by atoms with Crippen molar-refractivity contribution in [1.29, 1.82) is 0 Å². The number of amides is 3. The van der Waals surface area contributed by atoms with Crippen LogP contribution in [0.2, 0.25) is 0 Å². The van der Waals surface area contributed by atoms with Crippen LogP contribution in [0.3, 0.4) is 0 Å². The van der Waals surface area contributed by atoms with Crippen molar-refractivity contribution in [2.75, 3.05) is 18.4 Å². The lowest BCUT2D eigenvalue weighted by Gasteiger charge is -2.16. The standard InChI is InChI=1S/C20H29N3O2/c24-19(11-10-16-6-1-2-7-16)21-15-17-8-5-9-18(14-17)22-20(25)23-12-3-4-13-23/h5,8-9,14,16H,1-4,6-7,10-13,15H2,(H,21,24)(H,22,25). The van der Waals surface area contributed by atoms with E-state index in [0.717, 1.165) is 49.5 Å². The molecule has 2 aliphatic rings. The highest BCUT2D eigenvalue weighted by Gasteiger charge is 2.18. The molecule has 1 heterocycles. The molecule has 5 heteroatoms. The zero-order valence-electron chi connectivity index (χ0n) is 14.9. The number of likely N-dealkylation sites (tertiary alicyclic amines) is 1. The Morgan fingerprint density at radius 1 is 1.08 bits per heavy atom. The Morgan fingerprint density at radius 3 is 2.60 bits per heavy atom. The zero-order chi connectivity index (χ0) is 17.5. The minimum absolute atomic E-state index is 0.0322. The number of carbonyl (C=O) groups excluding carboxylic acids is 2. The van der Waals surface area contributed by atoms with E-state index in [1.165, 1.54) is 25.7 Å². The molecule has 1 saturated heterocycles. The Morgan fingerprint density at radius 2 is 1.84 bits per heavy atom. The zero-order valence-corrected chi connectivity index (χ0v) is 14.9. The van der Waals surface area contributed by atoms with Crippen molar-refractivity contribution in [2.24, 2.45) is 5.92 Å². The third kappa shape index (κ3) is 5.48. The summed E-state index contributed by atoms with van der Waals surface area (Å²) in [5.74, 6) is 0.869. The minimum Gasteiger partial charge on any atom is -0.352 e. The van der Waals surface area contributed by atoms with Crippen molar-refractivity contribution < 1.29 is 9.59 Å². The van der Waals surface area contributed by atoms with Gasteiger partial charge in [0.1, 0.15) is 0 Å². The van der Waals surface area contributed by atoms with E-state index in [-0.39, 0.29) is 11.9 Å². The number of benzene rings is 1. The lowest BCUT2D eigenvalue weighted by atomic mass is 10.0. The van der Waals surface area contributed by atoms with Gasteiger partial charge in [0.05, 0.1) is 0 Å². The first-order chi connectivity index (χ1) is 12.2. The molecule has 2 N–H and O–H groups in total. The number of carbonyl (C=O) groups is 2. The Kier molecular flexibility index (Phi) is 6.31. The van der Waals surface area contributed by atoms with Crippen LogP contribution in [0, 0.1) is 5.92 Å². The van der Waals surface area contributed by atoms with Crippen LogP contribution >= 0.6 is 0 Å². The van der Waals surface area contributed by atoms with Gasteiger partial charge in [0.2, 0.25) is 5.91 Å². The second-order valence-corrected chi connectivity index (χ2v) is 7.29. The summed E-state index contributed by atoms with van der Waals surface area (Å²) in [6.07, 6.45) is 9.01. The van der Waals surface area contributed by atoms with E-state index in [1.807, 2.05) is 29.2 Å². The molecule has 5 nitrogen and oxygen atoms in total. The van der Waals surface area contributed by atoms with Gasteiger partial charge < -0.3 is 15.5 Å². The van der Waals surface area contributed by atoms with Crippen LogP contribution in [0.1, 0.15) is 56.9 Å². The molecule has 136 valence electrons. The van der Waals surface area contributed by atoms with Crippen LogP contribution in [0.4, 0.5) is 10.5 Å². The van der Waals surface area contributed by atoms with Gasteiger partial charge in [-0.1, -0.05) is 37.8 Å². The van der Waals surface area contributed by atoms with E-state index in [0.29, 0.717) is 13.0 Å². The molecule has 0 atom stereocenters. The Hall–Kier alpha value is -2.04. The highest BCUT2D eigenvalue weighted by Crippen LogP contribution is 2.28. The summed E-state index contributed by atoms with van der Waals surface area (Å²) in [6, 6.07) is 7.68. The maximum atomic E-state index is 12.1. The molecule has 0 bridgehead atoms. The predicted molar refractivity (Wildman–Crippen MR) is 99.3 cm³/mol. The summed E-state index contributed by atoms with van der Waals surface area (Å²) < 4.78 is 0. The van der Waals surface area contributed by atoms with E-state index in [9.17, 15) is 9.59 Å². The lowest BCUT2D eigenvalue weighted by Crippen LogP contribution is -2.32. The van der Waals surface area contributed by atoms with Crippen LogP contribution < -0.4 is 10.6 Å².